The minimum atomic E-state index is -1.72. The van der Waals surface area contributed by atoms with E-state index in [1.165, 1.54) is 48.3 Å². The summed E-state index contributed by atoms with van der Waals surface area (Å²) in [6.45, 7) is 7.96. The highest BCUT2D eigenvalue weighted by Gasteiger charge is 2.50. The Bertz CT molecular complexity index is 785. The highest BCUT2D eigenvalue weighted by molar-refractivity contribution is 7.88. The first-order valence-corrected chi connectivity index (χ1v) is 12.2. The molecular formula is C24H33N2P+2. The van der Waals surface area contributed by atoms with Crippen molar-refractivity contribution in [2.45, 2.75) is 53.0 Å². The van der Waals surface area contributed by atoms with Gasteiger partial charge in [-0.3, -0.25) is 0 Å². The van der Waals surface area contributed by atoms with E-state index in [1.54, 1.807) is 0 Å². The molecule has 3 heteroatoms. The minimum Gasteiger partial charge on any atom is -0.231 e. The van der Waals surface area contributed by atoms with E-state index in [-0.39, 0.29) is 0 Å². The number of benzene rings is 2. The van der Waals surface area contributed by atoms with Crippen molar-refractivity contribution >= 4 is 18.0 Å². The van der Waals surface area contributed by atoms with Gasteiger partial charge in [0.15, 0.2) is 6.20 Å². The van der Waals surface area contributed by atoms with Crippen molar-refractivity contribution in [1.29, 1.82) is 0 Å². The second-order valence-corrected chi connectivity index (χ2v) is 10.7. The molecule has 0 fully saturated rings. The molecule has 0 radical (unpaired) electrons. The number of rotatable bonds is 9. The lowest BCUT2D eigenvalue weighted by atomic mass is 10.3. The maximum absolute atomic E-state index is 2.63. The van der Waals surface area contributed by atoms with Crippen LogP contribution in [0.2, 0.25) is 0 Å². The number of unbranched alkanes of at least 4 members (excludes halogenated alkanes) is 2. The van der Waals surface area contributed by atoms with Gasteiger partial charge < -0.3 is 0 Å². The molecule has 0 spiro atoms. The summed E-state index contributed by atoms with van der Waals surface area (Å²) in [7, 11) is -1.72. The molecule has 2 aromatic carbocycles. The van der Waals surface area contributed by atoms with E-state index in [0.717, 1.165) is 6.54 Å². The zero-order valence-corrected chi connectivity index (χ0v) is 17.9. The Kier molecular flexibility index (Phi) is 6.85. The molecule has 0 saturated carbocycles. The largest absolute Gasteiger partial charge is 0.290 e. The number of imidazole rings is 1. The molecule has 1 heterocycles. The molecule has 0 aliphatic carbocycles. The van der Waals surface area contributed by atoms with E-state index >= 15 is 0 Å². The van der Waals surface area contributed by atoms with E-state index in [2.05, 4.69) is 103 Å². The fraction of sp³-hybridized carbons (Fsp3) is 0.375. The number of hydrogen-bond acceptors (Lipinski definition) is 0. The van der Waals surface area contributed by atoms with Gasteiger partial charge in [0, 0.05) is 6.92 Å². The average Bonchev–Trinajstić information content (AvgIpc) is 3.09. The van der Waals surface area contributed by atoms with Gasteiger partial charge in [-0.05, 0) is 37.1 Å². The summed E-state index contributed by atoms with van der Waals surface area (Å²) in [6.07, 6.45) is 10.8. The van der Waals surface area contributed by atoms with Crippen molar-refractivity contribution in [3.05, 3.63) is 78.9 Å². The van der Waals surface area contributed by atoms with Crippen LogP contribution in [0.5, 0.6) is 0 Å². The Balaban J connectivity index is 2.22. The Morgan fingerprint density at radius 3 is 1.89 bits per heavy atom. The molecule has 0 saturated heterocycles. The Labute approximate surface area is 165 Å². The summed E-state index contributed by atoms with van der Waals surface area (Å²) in [5.74, 6) is 1.38. The fourth-order valence-electron chi connectivity index (χ4n) is 3.92. The predicted octanol–water partition coefficient (Wildman–Crippen LogP) is 5.12. The highest BCUT2D eigenvalue weighted by Crippen LogP contribution is 2.58. The van der Waals surface area contributed by atoms with Crippen LogP contribution in [0, 0.1) is 6.92 Å². The summed E-state index contributed by atoms with van der Waals surface area (Å²) in [4.78, 5) is 0. The van der Waals surface area contributed by atoms with Crippen LogP contribution in [0.3, 0.4) is 0 Å². The van der Waals surface area contributed by atoms with Crippen LogP contribution in [-0.2, 0) is 6.54 Å². The van der Waals surface area contributed by atoms with Crippen molar-refractivity contribution in [1.82, 2.24) is 4.34 Å². The Morgan fingerprint density at radius 2 is 1.37 bits per heavy atom. The number of nitrogens with zero attached hydrogens (tertiary/aromatic N) is 2. The summed E-state index contributed by atoms with van der Waals surface area (Å²) >= 11 is 0. The molecule has 0 unspecified atom stereocenters. The maximum Gasteiger partial charge on any atom is 0.290 e. The van der Waals surface area contributed by atoms with Gasteiger partial charge >= 0.3 is 0 Å². The lowest BCUT2D eigenvalue weighted by Gasteiger charge is -2.24. The zero-order valence-electron chi connectivity index (χ0n) is 17.0. The van der Waals surface area contributed by atoms with E-state index in [1.807, 2.05) is 0 Å². The predicted molar refractivity (Wildman–Crippen MR) is 119 cm³/mol. The van der Waals surface area contributed by atoms with Crippen molar-refractivity contribution < 1.29 is 4.57 Å². The molecule has 3 rings (SSSR count). The van der Waals surface area contributed by atoms with E-state index in [4.69, 9.17) is 0 Å². The summed E-state index contributed by atoms with van der Waals surface area (Å²) in [6, 6.07) is 22.4. The van der Waals surface area contributed by atoms with E-state index in [9.17, 15) is 0 Å². The quantitative estimate of drug-likeness (QED) is 0.360. The molecule has 3 aromatic rings. The van der Waals surface area contributed by atoms with Gasteiger partial charge in [0.05, 0.1) is 6.54 Å². The molecule has 2 nitrogen and oxygen atoms in total. The second-order valence-electron chi connectivity index (χ2n) is 7.25. The number of hydrogen-bond donors (Lipinski definition) is 0. The SMILES string of the molecule is CCCC[n+]1ccn([P+](CCCC)(c2ccccc2)c2ccccc2)c1C. The number of aromatic nitrogens is 2. The molecule has 1 aromatic heterocycles. The normalized spacial score (nSPS) is 11.7. The number of aryl methyl sites for hydroxylation is 1. The molecule has 0 aliphatic rings. The molecule has 0 N–H and O–H groups in total. The second kappa shape index (κ2) is 9.33. The standard InChI is InChI=1S/C24H33N2P/c1-4-6-18-25-19-20-26(22(25)3)27(21-7-5-2,23-14-10-8-11-15-23)24-16-12-9-13-17-24/h8-17,19-20H,4-7,18,21H2,1-3H3/q+2. The first kappa shape index (κ1) is 19.8. The Hall–Kier alpha value is -1.92. The van der Waals surface area contributed by atoms with Crippen LogP contribution in [0.15, 0.2) is 73.1 Å². The third-order valence-electron chi connectivity index (χ3n) is 5.46. The molecule has 27 heavy (non-hydrogen) atoms. The van der Waals surface area contributed by atoms with Crippen LogP contribution >= 0.6 is 7.41 Å². The van der Waals surface area contributed by atoms with Crippen molar-refractivity contribution in [3.8, 4) is 0 Å². The third-order valence-corrected chi connectivity index (χ3v) is 9.88. The summed E-state index contributed by atoms with van der Waals surface area (Å²) in [5, 5.41) is 2.96. The Morgan fingerprint density at radius 1 is 0.815 bits per heavy atom. The van der Waals surface area contributed by atoms with Crippen LogP contribution in [-0.4, -0.2) is 10.5 Å². The molecule has 0 bridgehead atoms. The third kappa shape index (κ3) is 4.01. The monoisotopic (exact) mass is 380 g/mol. The first-order chi connectivity index (χ1) is 13.2. The molecule has 0 atom stereocenters. The van der Waals surface area contributed by atoms with Gasteiger partial charge in [0.25, 0.3) is 5.82 Å². The maximum atomic E-state index is 2.63. The topological polar surface area (TPSA) is 8.81 Å². The van der Waals surface area contributed by atoms with Crippen LogP contribution in [0.1, 0.15) is 45.4 Å². The van der Waals surface area contributed by atoms with Crippen LogP contribution in [0.4, 0.5) is 0 Å². The summed E-state index contributed by atoms with van der Waals surface area (Å²) < 4.78 is 5.07. The van der Waals surface area contributed by atoms with E-state index < -0.39 is 7.41 Å². The average molecular weight is 381 g/mol. The van der Waals surface area contributed by atoms with Gasteiger partial charge in [0.2, 0.25) is 7.41 Å². The van der Waals surface area contributed by atoms with Gasteiger partial charge in [-0.15, -0.1) is 0 Å². The first-order valence-electron chi connectivity index (χ1n) is 10.3. The highest BCUT2D eigenvalue weighted by atomic mass is 31.2. The molecule has 0 aliphatic heterocycles. The van der Waals surface area contributed by atoms with Crippen molar-refractivity contribution in [3.63, 3.8) is 0 Å². The lowest BCUT2D eigenvalue weighted by molar-refractivity contribution is -0.702. The lowest BCUT2D eigenvalue weighted by Crippen LogP contribution is -2.38. The molecular weight excluding hydrogens is 347 g/mol. The smallest absolute Gasteiger partial charge is 0.231 e. The summed E-state index contributed by atoms with van der Waals surface area (Å²) in [5.41, 5.74) is 0. The van der Waals surface area contributed by atoms with Crippen LogP contribution < -0.4 is 15.2 Å². The van der Waals surface area contributed by atoms with Crippen molar-refractivity contribution in [2.75, 3.05) is 6.16 Å². The zero-order chi connectivity index (χ0) is 19.1. The van der Waals surface area contributed by atoms with Gasteiger partial charge in [-0.1, -0.05) is 67.4 Å². The minimum absolute atomic E-state index is 1.10. The fourth-order valence-corrected chi connectivity index (χ4v) is 8.45. The molecule has 142 valence electrons. The van der Waals surface area contributed by atoms with Gasteiger partial charge in [-0.2, -0.15) is 0 Å². The van der Waals surface area contributed by atoms with Crippen LogP contribution in [0.25, 0.3) is 0 Å². The molecule has 0 amide bonds. The van der Waals surface area contributed by atoms with Gasteiger partial charge in [0.1, 0.15) is 23.0 Å². The van der Waals surface area contributed by atoms with Gasteiger partial charge in [-0.25, -0.2) is 4.57 Å². The van der Waals surface area contributed by atoms with E-state index in [0.29, 0.717) is 0 Å². The van der Waals surface area contributed by atoms with Crippen molar-refractivity contribution in [2.24, 2.45) is 0 Å².